The van der Waals surface area contributed by atoms with Crippen LogP contribution in [0.2, 0.25) is 14.8 Å². The summed E-state index contributed by atoms with van der Waals surface area (Å²) in [5.41, 5.74) is 1.40. The molecule has 15 heavy (non-hydrogen) atoms. The number of carbonyl (C=O) groups is 1. The van der Waals surface area contributed by atoms with Crippen molar-refractivity contribution in [2.75, 3.05) is 0 Å². The fraction of sp³-hybridized carbons (Fsp3) is 0.462. The van der Waals surface area contributed by atoms with Crippen LogP contribution in [0.5, 0.6) is 0 Å². The third-order valence-corrected chi connectivity index (χ3v) is 8.58. The normalized spacial score (nSPS) is 11.5. The minimum atomic E-state index is -1.99. The number of rotatable bonds is 4. The van der Waals surface area contributed by atoms with Crippen LogP contribution in [0, 0.1) is 0 Å². The van der Waals surface area contributed by atoms with Crippen molar-refractivity contribution in [1.29, 1.82) is 0 Å². The molecule has 0 N–H and O–H groups in total. The first-order chi connectivity index (χ1) is 6.91. The van der Waals surface area contributed by atoms with Gasteiger partial charge >= 0.3 is 96.9 Å². The maximum absolute atomic E-state index is 11.0. The van der Waals surface area contributed by atoms with E-state index in [-0.39, 0.29) is 5.78 Å². The molecule has 82 valence electrons. The molecule has 0 saturated carbocycles. The Hall–Kier alpha value is -0.311. The molecule has 1 aromatic rings. The Morgan fingerprint density at radius 3 is 2.33 bits per heavy atom. The first-order valence-electron chi connectivity index (χ1n) is 5.49. The molecule has 1 nitrogen and oxygen atoms in total. The van der Waals surface area contributed by atoms with Gasteiger partial charge in [0.1, 0.15) is 0 Å². The Bertz CT molecular complexity index is 350. The third-order valence-electron chi connectivity index (χ3n) is 2.57. The minimum absolute atomic E-state index is 0.286. The van der Waals surface area contributed by atoms with E-state index < -0.39 is 18.4 Å². The molecule has 2 heteroatoms. The van der Waals surface area contributed by atoms with Crippen molar-refractivity contribution < 1.29 is 4.79 Å². The van der Waals surface area contributed by atoms with Crippen LogP contribution in [-0.4, -0.2) is 24.2 Å². The Morgan fingerprint density at radius 2 is 1.80 bits per heavy atom. The fourth-order valence-electron chi connectivity index (χ4n) is 1.78. The molecule has 0 unspecified atom stereocenters. The Labute approximate surface area is 96.8 Å². The van der Waals surface area contributed by atoms with Gasteiger partial charge in [0, 0.05) is 0 Å². The molecule has 0 aliphatic heterocycles. The number of hydrogen-bond acceptors (Lipinski definition) is 1. The van der Waals surface area contributed by atoms with Crippen LogP contribution in [0.4, 0.5) is 0 Å². The summed E-state index contributed by atoms with van der Waals surface area (Å²) in [6.07, 6.45) is 1.60. The van der Waals surface area contributed by atoms with E-state index in [0.29, 0.717) is 6.42 Å². The standard InChI is InChI=1S/C10H11O.3CH3.Sn/c1-9(11)7-8-10-5-3-2-4-6-10;;;;/h2-5H,7-8H2,1H3;3*1H3;. The summed E-state index contributed by atoms with van der Waals surface area (Å²) in [5.74, 6) is 0.286. The van der Waals surface area contributed by atoms with Crippen molar-refractivity contribution in [2.45, 2.75) is 34.6 Å². The second kappa shape index (κ2) is 5.15. The zero-order valence-corrected chi connectivity index (χ0v) is 13.0. The summed E-state index contributed by atoms with van der Waals surface area (Å²) in [5, 5.41) is 0. The van der Waals surface area contributed by atoms with E-state index in [0.717, 1.165) is 6.42 Å². The molecular weight excluding hydrogens is 291 g/mol. The zero-order chi connectivity index (χ0) is 11.5. The van der Waals surface area contributed by atoms with Gasteiger partial charge in [0.2, 0.25) is 0 Å². The number of aryl methyl sites for hydroxylation is 1. The van der Waals surface area contributed by atoms with Crippen molar-refractivity contribution in [3.63, 3.8) is 0 Å². The Kier molecular flexibility index (Phi) is 4.38. The van der Waals surface area contributed by atoms with E-state index in [4.69, 9.17) is 0 Å². The zero-order valence-electron chi connectivity index (χ0n) is 10.1. The SMILES string of the molecule is CC(=O)CCc1cccc[c]1[Sn]([CH3])([CH3])[CH3]. The number of ketones is 1. The molecule has 0 saturated heterocycles. The quantitative estimate of drug-likeness (QED) is 0.782. The van der Waals surface area contributed by atoms with Gasteiger partial charge in [-0.15, -0.1) is 0 Å². The summed E-state index contributed by atoms with van der Waals surface area (Å²) < 4.78 is 1.56. The van der Waals surface area contributed by atoms with Crippen molar-refractivity contribution >= 4 is 27.7 Å². The molecule has 0 bridgehead atoms. The molecule has 0 atom stereocenters. The van der Waals surface area contributed by atoms with E-state index in [9.17, 15) is 4.79 Å². The van der Waals surface area contributed by atoms with Crippen molar-refractivity contribution in [3.05, 3.63) is 29.8 Å². The average molecular weight is 311 g/mol. The van der Waals surface area contributed by atoms with Gasteiger partial charge in [0.15, 0.2) is 0 Å². The number of Topliss-reactive ketones (excluding diaryl/α,β-unsaturated/α-hetero) is 1. The molecule has 0 fully saturated rings. The monoisotopic (exact) mass is 312 g/mol. The molecule has 0 aliphatic rings. The molecule has 0 amide bonds. The predicted octanol–water partition coefficient (Wildman–Crippen LogP) is 2.75. The molecule has 0 radical (unpaired) electrons. The second-order valence-corrected chi connectivity index (χ2v) is 19.5. The van der Waals surface area contributed by atoms with E-state index >= 15 is 0 Å². The summed E-state index contributed by atoms with van der Waals surface area (Å²) in [4.78, 5) is 18.2. The summed E-state index contributed by atoms with van der Waals surface area (Å²) in [6.45, 7) is 1.67. The molecule has 0 heterocycles. The molecule has 0 aromatic heterocycles. The Balaban J connectivity index is 2.92. The van der Waals surface area contributed by atoms with Crippen LogP contribution in [0.15, 0.2) is 24.3 Å². The molecule has 1 aromatic carbocycles. The van der Waals surface area contributed by atoms with Gasteiger partial charge in [-0.25, -0.2) is 0 Å². The van der Waals surface area contributed by atoms with E-state index in [1.807, 2.05) is 0 Å². The van der Waals surface area contributed by atoms with Crippen LogP contribution in [0.1, 0.15) is 18.9 Å². The average Bonchev–Trinajstić information content (AvgIpc) is 2.13. The molecule has 0 aliphatic carbocycles. The van der Waals surface area contributed by atoms with E-state index in [2.05, 4.69) is 39.1 Å². The topological polar surface area (TPSA) is 17.1 Å². The first kappa shape index (κ1) is 12.8. The van der Waals surface area contributed by atoms with Gasteiger partial charge in [-0.2, -0.15) is 0 Å². The first-order valence-corrected chi connectivity index (χ1v) is 15.5. The molecular formula is C13H20OSn. The maximum atomic E-state index is 11.0. The second-order valence-electron chi connectivity index (χ2n) is 5.11. The van der Waals surface area contributed by atoms with Gasteiger partial charge in [-0.05, 0) is 0 Å². The van der Waals surface area contributed by atoms with Crippen molar-refractivity contribution in [1.82, 2.24) is 0 Å². The molecule has 1 rings (SSSR count). The van der Waals surface area contributed by atoms with Crippen LogP contribution in [-0.2, 0) is 11.2 Å². The van der Waals surface area contributed by atoms with Gasteiger partial charge in [0.25, 0.3) is 0 Å². The van der Waals surface area contributed by atoms with E-state index in [1.165, 1.54) is 5.56 Å². The van der Waals surface area contributed by atoms with Gasteiger partial charge in [-0.1, -0.05) is 0 Å². The third kappa shape index (κ3) is 3.98. The Morgan fingerprint density at radius 1 is 1.20 bits per heavy atom. The fourth-order valence-corrected chi connectivity index (χ4v) is 6.83. The van der Waals surface area contributed by atoms with Gasteiger partial charge < -0.3 is 0 Å². The van der Waals surface area contributed by atoms with Crippen molar-refractivity contribution in [2.24, 2.45) is 0 Å². The predicted molar refractivity (Wildman–Crippen MR) is 68.4 cm³/mol. The summed E-state index contributed by atoms with van der Waals surface area (Å²) in [7, 11) is 0. The van der Waals surface area contributed by atoms with Crippen LogP contribution >= 0.6 is 0 Å². The number of hydrogen-bond donors (Lipinski definition) is 0. The summed E-state index contributed by atoms with van der Waals surface area (Å²) >= 11 is -1.99. The van der Waals surface area contributed by atoms with Crippen LogP contribution < -0.4 is 3.58 Å². The molecule has 0 spiro atoms. The van der Waals surface area contributed by atoms with Crippen LogP contribution in [0.3, 0.4) is 0 Å². The number of benzene rings is 1. The van der Waals surface area contributed by atoms with Crippen LogP contribution in [0.25, 0.3) is 0 Å². The van der Waals surface area contributed by atoms with Gasteiger partial charge in [0.05, 0.1) is 0 Å². The summed E-state index contributed by atoms with van der Waals surface area (Å²) in [6, 6.07) is 8.64. The number of carbonyl (C=O) groups excluding carboxylic acids is 1. The van der Waals surface area contributed by atoms with Gasteiger partial charge in [-0.3, -0.25) is 0 Å². The van der Waals surface area contributed by atoms with Crippen molar-refractivity contribution in [3.8, 4) is 0 Å². The van der Waals surface area contributed by atoms with E-state index in [1.54, 1.807) is 10.5 Å².